The van der Waals surface area contributed by atoms with E-state index in [0.29, 0.717) is 0 Å². The third kappa shape index (κ3) is 4.04. The quantitative estimate of drug-likeness (QED) is 0.837. The molecule has 2 fully saturated rings. The van der Waals surface area contributed by atoms with Crippen molar-refractivity contribution in [3.05, 3.63) is 36.4 Å². The van der Waals surface area contributed by atoms with E-state index in [9.17, 15) is 4.79 Å². The highest BCUT2D eigenvalue weighted by Gasteiger charge is 2.23. The number of carbonyl (C=O) groups excluding carboxylic acids is 1. The lowest BCUT2D eigenvalue weighted by Gasteiger charge is -2.35. The van der Waals surface area contributed by atoms with Gasteiger partial charge in [0.2, 0.25) is 11.9 Å². The molecule has 3 heterocycles. The van der Waals surface area contributed by atoms with Crippen LogP contribution in [0.15, 0.2) is 36.4 Å². The number of amides is 1. The fourth-order valence-corrected chi connectivity index (χ4v) is 3.83. The minimum atomic E-state index is 0.141. The molecule has 6 nitrogen and oxygen atoms in total. The van der Waals surface area contributed by atoms with Crippen LogP contribution in [0.1, 0.15) is 26.2 Å². The van der Waals surface area contributed by atoms with Crippen LogP contribution in [0.3, 0.4) is 0 Å². The van der Waals surface area contributed by atoms with E-state index >= 15 is 0 Å². The monoisotopic (exact) mass is 365 g/mol. The summed E-state index contributed by atoms with van der Waals surface area (Å²) in [6.07, 6.45) is 3.74. The summed E-state index contributed by atoms with van der Waals surface area (Å²) in [5, 5.41) is 0. The zero-order valence-corrected chi connectivity index (χ0v) is 16.0. The SMILES string of the molecule is CC(=O)N1CCN(c2nc(-c3ccccc3)cc(N3CCCCC3)n2)CC1. The number of piperidine rings is 1. The lowest BCUT2D eigenvalue weighted by atomic mass is 10.1. The van der Waals surface area contributed by atoms with Gasteiger partial charge in [-0.25, -0.2) is 4.98 Å². The minimum absolute atomic E-state index is 0.141. The Morgan fingerprint density at radius 2 is 1.56 bits per heavy atom. The largest absolute Gasteiger partial charge is 0.356 e. The number of rotatable bonds is 3. The molecular formula is C21H27N5O. The van der Waals surface area contributed by atoms with E-state index in [1.54, 1.807) is 6.92 Å². The van der Waals surface area contributed by atoms with E-state index in [0.717, 1.165) is 62.3 Å². The molecule has 1 aromatic heterocycles. The average molecular weight is 365 g/mol. The molecule has 1 amide bonds. The van der Waals surface area contributed by atoms with Gasteiger partial charge in [0.05, 0.1) is 5.69 Å². The van der Waals surface area contributed by atoms with Crippen LogP contribution in [-0.2, 0) is 4.79 Å². The second-order valence-electron chi connectivity index (χ2n) is 7.32. The first-order valence-corrected chi connectivity index (χ1v) is 9.90. The van der Waals surface area contributed by atoms with Crippen molar-refractivity contribution in [1.82, 2.24) is 14.9 Å². The van der Waals surface area contributed by atoms with Gasteiger partial charge in [-0.1, -0.05) is 30.3 Å². The van der Waals surface area contributed by atoms with E-state index in [1.807, 2.05) is 23.1 Å². The van der Waals surface area contributed by atoms with Crippen LogP contribution in [0.25, 0.3) is 11.3 Å². The summed E-state index contributed by atoms with van der Waals surface area (Å²) in [5.41, 5.74) is 2.08. The van der Waals surface area contributed by atoms with Crippen LogP contribution in [0.2, 0.25) is 0 Å². The molecule has 27 heavy (non-hydrogen) atoms. The van der Waals surface area contributed by atoms with Crippen LogP contribution in [-0.4, -0.2) is 60.0 Å². The molecule has 4 rings (SSSR count). The molecule has 2 aliphatic rings. The topological polar surface area (TPSA) is 52.6 Å². The number of nitrogens with zero attached hydrogens (tertiary/aromatic N) is 5. The maximum absolute atomic E-state index is 11.6. The number of hydrogen-bond donors (Lipinski definition) is 0. The lowest BCUT2D eigenvalue weighted by Crippen LogP contribution is -2.48. The smallest absolute Gasteiger partial charge is 0.228 e. The van der Waals surface area contributed by atoms with Crippen molar-refractivity contribution in [3.63, 3.8) is 0 Å². The molecule has 0 atom stereocenters. The number of carbonyl (C=O) groups is 1. The Morgan fingerprint density at radius 1 is 0.852 bits per heavy atom. The Hall–Kier alpha value is -2.63. The Morgan fingerprint density at radius 3 is 2.22 bits per heavy atom. The van der Waals surface area contributed by atoms with Gasteiger partial charge in [0, 0.05) is 57.8 Å². The van der Waals surface area contributed by atoms with Crippen molar-refractivity contribution in [2.24, 2.45) is 0 Å². The van der Waals surface area contributed by atoms with Crippen molar-refractivity contribution in [2.45, 2.75) is 26.2 Å². The second-order valence-corrected chi connectivity index (χ2v) is 7.32. The van der Waals surface area contributed by atoms with E-state index in [1.165, 1.54) is 19.3 Å². The Kier molecular flexibility index (Phi) is 5.23. The zero-order valence-electron chi connectivity index (χ0n) is 16.0. The van der Waals surface area contributed by atoms with Crippen LogP contribution in [0.4, 0.5) is 11.8 Å². The number of benzene rings is 1. The van der Waals surface area contributed by atoms with Crippen LogP contribution in [0, 0.1) is 0 Å². The Balaban J connectivity index is 1.65. The van der Waals surface area contributed by atoms with E-state index in [2.05, 4.69) is 28.0 Å². The molecule has 0 spiro atoms. The van der Waals surface area contributed by atoms with E-state index < -0.39 is 0 Å². The molecule has 2 saturated heterocycles. The van der Waals surface area contributed by atoms with Gasteiger partial charge >= 0.3 is 0 Å². The molecule has 0 unspecified atom stereocenters. The first kappa shape index (κ1) is 17.8. The first-order chi connectivity index (χ1) is 13.2. The molecule has 6 heteroatoms. The van der Waals surface area contributed by atoms with E-state index in [-0.39, 0.29) is 5.91 Å². The third-order valence-electron chi connectivity index (χ3n) is 5.46. The molecule has 1 aromatic carbocycles. The van der Waals surface area contributed by atoms with Crippen molar-refractivity contribution in [1.29, 1.82) is 0 Å². The van der Waals surface area contributed by atoms with Gasteiger partial charge in [0.25, 0.3) is 0 Å². The summed E-state index contributed by atoms with van der Waals surface area (Å²) in [5.74, 6) is 1.94. The molecule has 2 aliphatic heterocycles. The van der Waals surface area contributed by atoms with Gasteiger partial charge in [-0.2, -0.15) is 4.98 Å². The lowest BCUT2D eigenvalue weighted by molar-refractivity contribution is -0.129. The summed E-state index contributed by atoms with van der Waals surface area (Å²) in [6.45, 7) is 6.76. The Bertz CT molecular complexity index is 780. The number of aromatic nitrogens is 2. The average Bonchev–Trinajstić information content (AvgIpc) is 2.75. The van der Waals surface area contributed by atoms with Crippen LogP contribution >= 0.6 is 0 Å². The zero-order chi connectivity index (χ0) is 18.6. The fourth-order valence-electron chi connectivity index (χ4n) is 3.83. The molecule has 0 radical (unpaired) electrons. The van der Waals surface area contributed by atoms with Crippen LogP contribution in [0.5, 0.6) is 0 Å². The fraction of sp³-hybridized carbons (Fsp3) is 0.476. The summed E-state index contributed by atoms with van der Waals surface area (Å²) in [6, 6.07) is 12.4. The van der Waals surface area contributed by atoms with Gasteiger partial charge < -0.3 is 14.7 Å². The third-order valence-corrected chi connectivity index (χ3v) is 5.46. The van der Waals surface area contributed by atoms with Crippen molar-refractivity contribution >= 4 is 17.7 Å². The molecule has 0 saturated carbocycles. The van der Waals surface area contributed by atoms with Gasteiger partial charge in [0.15, 0.2) is 0 Å². The van der Waals surface area contributed by atoms with Gasteiger partial charge in [-0.3, -0.25) is 4.79 Å². The highest BCUT2D eigenvalue weighted by Crippen LogP contribution is 2.27. The standard InChI is InChI=1S/C21H27N5O/c1-17(27)24-12-14-26(15-13-24)21-22-19(18-8-4-2-5-9-18)16-20(23-21)25-10-6-3-7-11-25/h2,4-5,8-9,16H,3,6-7,10-15H2,1H3. The second kappa shape index (κ2) is 7.94. The van der Waals surface area contributed by atoms with E-state index in [4.69, 9.17) is 9.97 Å². The number of piperazine rings is 1. The van der Waals surface area contributed by atoms with Gasteiger partial charge in [0.1, 0.15) is 5.82 Å². The van der Waals surface area contributed by atoms with Crippen LogP contribution < -0.4 is 9.80 Å². The molecule has 142 valence electrons. The molecule has 0 N–H and O–H groups in total. The van der Waals surface area contributed by atoms with Gasteiger partial charge in [-0.05, 0) is 19.3 Å². The van der Waals surface area contributed by atoms with Crippen molar-refractivity contribution in [3.8, 4) is 11.3 Å². The highest BCUT2D eigenvalue weighted by molar-refractivity contribution is 5.73. The van der Waals surface area contributed by atoms with Crippen molar-refractivity contribution in [2.75, 3.05) is 49.1 Å². The molecule has 2 aromatic rings. The molecule has 0 bridgehead atoms. The molecule has 0 aliphatic carbocycles. The maximum Gasteiger partial charge on any atom is 0.228 e. The minimum Gasteiger partial charge on any atom is -0.356 e. The van der Waals surface area contributed by atoms with Gasteiger partial charge in [-0.15, -0.1) is 0 Å². The molecular weight excluding hydrogens is 338 g/mol. The summed E-state index contributed by atoms with van der Waals surface area (Å²) in [4.78, 5) is 27.9. The predicted molar refractivity (Wildman–Crippen MR) is 108 cm³/mol. The summed E-state index contributed by atoms with van der Waals surface area (Å²) < 4.78 is 0. The maximum atomic E-state index is 11.6. The summed E-state index contributed by atoms with van der Waals surface area (Å²) in [7, 11) is 0. The highest BCUT2D eigenvalue weighted by atomic mass is 16.2. The number of hydrogen-bond acceptors (Lipinski definition) is 5. The number of anilines is 2. The Labute approximate surface area is 160 Å². The summed E-state index contributed by atoms with van der Waals surface area (Å²) >= 11 is 0. The van der Waals surface area contributed by atoms with Crippen molar-refractivity contribution < 1.29 is 4.79 Å². The normalized spacial score (nSPS) is 17.9. The predicted octanol–water partition coefficient (Wildman–Crippen LogP) is 2.80. The first-order valence-electron chi connectivity index (χ1n) is 9.90.